The number of urea groups is 1. The van der Waals surface area contributed by atoms with Gasteiger partial charge >= 0.3 is 6.03 Å². The molecule has 110 valence electrons. The highest BCUT2D eigenvalue weighted by molar-refractivity contribution is 7.91. The van der Waals surface area contributed by atoms with Crippen molar-refractivity contribution in [3.8, 4) is 0 Å². The molecule has 7 heteroatoms. The zero-order chi connectivity index (χ0) is 14.6. The standard InChI is InChI=1S/C13H18N2O4S/c1-2-20(17,18)12-5-3-11(4-6-12)14-13(16)15-7-9-19-10-8-15/h3-6H,2,7-10H2,1H3,(H,14,16). The van der Waals surface area contributed by atoms with E-state index in [0.29, 0.717) is 32.0 Å². The van der Waals surface area contributed by atoms with Crippen LogP contribution in [0.2, 0.25) is 0 Å². The summed E-state index contributed by atoms with van der Waals surface area (Å²) in [5, 5.41) is 2.74. The molecule has 1 aliphatic rings. The lowest BCUT2D eigenvalue weighted by Gasteiger charge is -2.26. The van der Waals surface area contributed by atoms with Crippen LogP contribution in [0.15, 0.2) is 29.2 Å². The molecule has 1 heterocycles. The molecule has 1 aromatic rings. The maximum atomic E-state index is 11.9. The summed E-state index contributed by atoms with van der Waals surface area (Å²) < 4.78 is 28.5. The predicted octanol–water partition coefficient (Wildman–Crippen LogP) is 1.34. The molecule has 1 aliphatic heterocycles. The Morgan fingerprint density at radius 3 is 2.40 bits per heavy atom. The summed E-state index contributed by atoms with van der Waals surface area (Å²) in [5.74, 6) is 0.0620. The maximum absolute atomic E-state index is 11.9. The van der Waals surface area contributed by atoms with Gasteiger partial charge in [-0.1, -0.05) is 6.92 Å². The Hall–Kier alpha value is -1.60. The minimum Gasteiger partial charge on any atom is -0.378 e. The van der Waals surface area contributed by atoms with Gasteiger partial charge in [0.25, 0.3) is 0 Å². The Morgan fingerprint density at radius 1 is 1.25 bits per heavy atom. The van der Waals surface area contributed by atoms with Crippen molar-refractivity contribution in [1.29, 1.82) is 0 Å². The number of carbonyl (C=O) groups is 1. The molecule has 0 bridgehead atoms. The number of hydrogen-bond acceptors (Lipinski definition) is 4. The van der Waals surface area contributed by atoms with E-state index in [2.05, 4.69) is 5.32 Å². The minimum absolute atomic E-state index is 0.0620. The molecule has 0 spiro atoms. The van der Waals surface area contributed by atoms with Gasteiger partial charge in [-0.25, -0.2) is 13.2 Å². The fraction of sp³-hybridized carbons (Fsp3) is 0.462. The first-order chi connectivity index (χ1) is 9.53. The first-order valence-corrected chi connectivity index (χ1v) is 8.14. The van der Waals surface area contributed by atoms with Crippen LogP contribution in [0, 0.1) is 0 Å². The molecule has 1 saturated heterocycles. The van der Waals surface area contributed by atoms with Gasteiger partial charge in [-0.15, -0.1) is 0 Å². The number of benzene rings is 1. The first kappa shape index (κ1) is 14.8. The molecule has 0 aliphatic carbocycles. The summed E-state index contributed by atoms with van der Waals surface area (Å²) in [5.41, 5.74) is 0.580. The number of nitrogens with one attached hydrogen (secondary N) is 1. The largest absolute Gasteiger partial charge is 0.378 e. The van der Waals surface area contributed by atoms with Gasteiger partial charge in [0, 0.05) is 18.8 Å². The molecule has 0 radical (unpaired) electrons. The third-order valence-corrected chi connectivity index (χ3v) is 4.89. The van der Waals surface area contributed by atoms with Gasteiger partial charge in [0.1, 0.15) is 0 Å². The fourth-order valence-electron chi connectivity index (χ4n) is 1.88. The van der Waals surface area contributed by atoms with E-state index in [9.17, 15) is 13.2 Å². The van der Waals surface area contributed by atoms with E-state index in [1.807, 2.05) is 0 Å². The summed E-state index contributed by atoms with van der Waals surface area (Å²) in [6.07, 6.45) is 0. The van der Waals surface area contributed by atoms with Gasteiger partial charge in [-0.3, -0.25) is 0 Å². The van der Waals surface area contributed by atoms with Crippen LogP contribution in [-0.4, -0.2) is 51.4 Å². The van der Waals surface area contributed by atoms with Crippen molar-refractivity contribution in [3.05, 3.63) is 24.3 Å². The number of sulfone groups is 1. The van der Waals surface area contributed by atoms with Crippen molar-refractivity contribution < 1.29 is 17.9 Å². The quantitative estimate of drug-likeness (QED) is 0.914. The van der Waals surface area contributed by atoms with Crippen molar-refractivity contribution in [2.24, 2.45) is 0 Å². The lowest BCUT2D eigenvalue weighted by molar-refractivity contribution is 0.0564. The lowest BCUT2D eigenvalue weighted by Crippen LogP contribution is -2.43. The second-order valence-corrected chi connectivity index (χ2v) is 6.74. The molecule has 1 aromatic carbocycles. The van der Waals surface area contributed by atoms with E-state index >= 15 is 0 Å². The average molecular weight is 298 g/mol. The number of carbonyl (C=O) groups excluding carboxylic acids is 1. The van der Waals surface area contributed by atoms with Crippen molar-refractivity contribution in [3.63, 3.8) is 0 Å². The van der Waals surface area contributed by atoms with E-state index in [0.717, 1.165) is 0 Å². The van der Waals surface area contributed by atoms with Gasteiger partial charge in [0.2, 0.25) is 0 Å². The summed E-state index contributed by atoms with van der Waals surface area (Å²) in [6.45, 7) is 3.81. The number of anilines is 1. The molecule has 1 fully saturated rings. The smallest absolute Gasteiger partial charge is 0.321 e. The zero-order valence-corrected chi connectivity index (χ0v) is 12.1. The summed E-state index contributed by atoms with van der Waals surface area (Å²) >= 11 is 0. The summed E-state index contributed by atoms with van der Waals surface area (Å²) in [6, 6.07) is 6.02. The van der Waals surface area contributed by atoms with Crippen LogP contribution in [0.4, 0.5) is 10.5 Å². The highest BCUT2D eigenvalue weighted by Crippen LogP contribution is 2.16. The van der Waals surface area contributed by atoms with Gasteiger partial charge in [-0.2, -0.15) is 0 Å². The zero-order valence-electron chi connectivity index (χ0n) is 11.3. The van der Waals surface area contributed by atoms with Crippen LogP contribution in [0.3, 0.4) is 0 Å². The third kappa shape index (κ3) is 3.49. The summed E-state index contributed by atoms with van der Waals surface area (Å²) in [7, 11) is -3.20. The minimum atomic E-state index is -3.20. The van der Waals surface area contributed by atoms with Crippen LogP contribution in [-0.2, 0) is 14.6 Å². The molecule has 0 unspecified atom stereocenters. The third-order valence-electron chi connectivity index (χ3n) is 3.14. The van der Waals surface area contributed by atoms with Crippen LogP contribution >= 0.6 is 0 Å². The van der Waals surface area contributed by atoms with E-state index < -0.39 is 9.84 Å². The average Bonchev–Trinajstić information content (AvgIpc) is 2.48. The molecule has 0 atom stereocenters. The molecule has 0 saturated carbocycles. The molecule has 20 heavy (non-hydrogen) atoms. The number of hydrogen-bond donors (Lipinski definition) is 1. The summed E-state index contributed by atoms with van der Waals surface area (Å²) in [4.78, 5) is 13.9. The van der Waals surface area contributed by atoms with Gasteiger partial charge in [0.05, 0.1) is 23.9 Å². The highest BCUT2D eigenvalue weighted by Gasteiger charge is 2.17. The Balaban J connectivity index is 2.02. The van der Waals surface area contributed by atoms with Gasteiger partial charge < -0.3 is 15.0 Å². The molecule has 0 aromatic heterocycles. The molecular formula is C13H18N2O4S. The SMILES string of the molecule is CCS(=O)(=O)c1ccc(NC(=O)N2CCOCC2)cc1. The lowest BCUT2D eigenvalue weighted by atomic mass is 10.3. The number of rotatable bonds is 3. The number of ether oxygens (including phenoxy) is 1. The Bertz CT molecular complexity index is 563. The second-order valence-electron chi connectivity index (χ2n) is 4.46. The van der Waals surface area contributed by atoms with Crippen LogP contribution in [0.5, 0.6) is 0 Å². The molecule has 1 N–H and O–H groups in total. The van der Waals surface area contributed by atoms with Crippen molar-refractivity contribution in [1.82, 2.24) is 4.90 Å². The Labute approximate surface area is 118 Å². The molecule has 6 nitrogen and oxygen atoms in total. The first-order valence-electron chi connectivity index (χ1n) is 6.49. The van der Waals surface area contributed by atoms with Crippen molar-refractivity contribution in [2.45, 2.75) is 11.8 Å². The topological polar surface area (TPSA) is 75.7 Å². The van der Waals surface area contributed by atoms with Crippen molar-refractivity contribution in [2.75, 3.05) is 37.4 Å². The van der Waals surface area contributed by atoms with E-state index in [1.54, 1.807) is 24.0 Å². The van der Waals surface area contributed by atoms with Crippen molar-refractivity contribution >= 4 is 21.6 Å². The molecule has 2 amide bonds. The Kier molecular flexibility index (Phi) is 4.61. The van der Waals surface area contributed by atoms with Gasteiger partial charge in [-0.05, 0) is 24.3 Å². The Morgan fingerprint density at radius 2 is 1.85 bits per heavy atom. The second kappa shape index (κ2) is 6.23. The van der Waals surface area contributed by atoms with E-state index in [-0.39, 0.29) is 16.7 Å². The van der Waals surface area contributed by atoms with E-state index in [4.69, 9.17) is 4.74 Å². The van der Waals surface area contributed by atoms with Crippen LogP contribution in [0.25, 0.3) is 0 Å². The molecule has 2 rings (SSSR count). The monoisotopic (exact) mass is 298 g/mol. The number of nitrogens with zero attached hydrogens (tertiary/aromatic N) is 1. The highest BCUT2D eigenvalue weighted by atomic mass is 32.2. The maximum Gasteiger partial charge on any atom is 0.321 e. The van der Waals surface area contributed by atoms with E-state index in [1.165, 1.54) is 12.1 Å². The predicted molar refractivity (Wildman–Crippen MR) is 75.6 cm³/mol. The molecular weight excluding hydrogens is 280 g/mol. The fourth-order valence-corrected chi connectivity index (χ4v) is 2.77. The van der Waals surface area contributed by atoms with Gasteiger partial charge in [0.15, 0.2) is 9.84 Å². The van der Waals surface area contributed by atoms with Crippen LogP contribution in [0.1, 0.15) is 6.92 Å². The number of amides is 2. The normalized spacial score (nSPS) is 15.9. The van der Waals surface area contributed by atoms with Crippen LogP contribution < -0.4 is 5.32 Å². The number of morpholine rings is 1.